The molecule has 1 amide bonds. The molecule has 1 N–H and O–H groups in total. The topological polar surface area (TPSA) is 40.5 Å². The van der Waals surface area contributed by atoms with Crippen molar-refractivity contribution >= 4 is 5.91 Å². The first kappa shape index (κ1) is 9.00. The molecular formula is C10H17NO2. The van der Waals surface area contributed by atoms with Gasteiger partial charge in [0.1, 0.15) is 0 Å². The zero-order valence-corrected chi connectivity index (χ0v) is 8.12. The highest BCUT2D eigenvalue weighted by molar-refractivity contribution is 5.79. The number of rotatable bonds is 2. The van der Waals surface area contributed by atoms with E-state index in [2.05, 4.69) is 6.92 Å². The largest absolute Gasteiger partial charge is 0.391 e. The van der Waals surface area contributed by atoms with Gasteiger partial charge in [0.2, 0.25) is 5.91 Å². The van der Waals surface area contributed by atoms with E-state index in [1.165, 1.54) is 19.3 Å². The van der Waals surface area contributed by atoms with E-state index >= 15 is 0 Å². The molecule has 1 saturated heterocycles. The Hall–Kier alpha value is -0.570. The van der Waals surface area contributed by atoms with Crippen LogP contribution in [0.4, 0.5) is 0 Å². The number of hydrogen-bond acceptors (Lipinski definition) is 2. The number of hydrogen-bond donors (Lipinski definition) is 1. The van der Waals surface area contributed by atoms with Gasteiger partial charge in [-0.2, -0.15) is 0 Å². The van der Waals surface area contributed by atoms with Crippen molar-refractivity contribution in [1.29, 1.82) is 0 Å². The molecule has 0 aromatic rings. The van der Waals surface area contributed by atoms with Crippen LogP contribution in [-0.4, -0.2) is 35.1 Å². The maximum absolute atomic E-state index is 11.4. The van der Waals surface area contributed by atoms with Crippen LogP contribution in [-0.2, 0) is 4.79 Å². The van der Waals surface area contributed by atoms with Crippen molar-refractivity contribution in [2.45, 2.75) is 38.7 Å². The molecule has 74 valence electrons. The molecule has 1 aliphatic carbocycles. The normalized spacial score (nSPS) is 32.0. The van der Waals surface area contributed by atoms with Gasteiger partial charge in [0.05, 0.1) is 12.5 Å². The minimum absolute atomic E-state index is 0.126. The lowest BCUT2D eigenvalue weighted by molar-refractivity contribution is -0.129. The molecule has 1 atom stereocenters. The van der Waals surface area contributed by atoms with Crippen LogP contribution in [0.1, 0.15) is 32.6 Å². The average Bonchev–Trinajstić information content (AvgIpc) is 2.27. The second-order valence-corrected chi connectivity index (χ2v) is 4.80. The van der Waals surface area contributed by atoms with E-state index in [9.17, 15) is 9.90 Å². The Bertz CT molecular complexity index is 223. The van der Waals surface area contributed by atoms with E-state index in [0.717, 1.165) is 6.54 Å². The lowest BCUT2D eigenvalue weighted by Gasteiger charge is -2.41. The standard InChI is InChI=1S/C10H17NO2/c1-10(3-2-4-10)7-11-6-8(12)5-9(11)13/h8,12H,2-7H2,1H3. The van der Waals surface area contributed by atoms with E-state index in [4.69, 9.17) is 0 Å². The first-order valence-electron chi connectivity index (χ1n) is 5.05. The Balaban J connectivity index is 1.91. The second-order valence-electron chi connectivity index (χ2n) is 4.80. The van der Waals surface area contributed by atoms with Gasteiger partial charge in [-0.1, -0.05) is 13.3 Å². The number of carbonyl (C=O) groups excluding carboxylic acids is 1. The van der Waals surface area contributed by atoms with Crippen molar-refractivity contribution in [2.24, 2.45) is 5.41 Å². The zero-order chi connectivity index (χ0) is 9.47. The predicted octanol–water partition coefficient (Wildman–Crippen LogP) is 0.770. The Labute approximate surface area is 78.7 Å². The molecule has 2 rings (SSSR count). The molecule has 0 aromatic carbocycles. The van der Waals surface area contributed by atoms with Crippen LogP contribution < -0.4 is 0 Å². The smallest absolute Gasteiger partial charge is 0.225 e. The summed E-state index contributed by atoms with van der Waals surface area (Å²) in [6.07, 6.45) is 3.66. The molecular weight excluding hydrogens is 166 g/mol. The highest BCUT2D eigenvalue weighted by atomic mass is 16.3. The Kier molecular flexibility index (Phi) is 2.06. The van der Waals surface area contributed by atoms with E-state index in [1.807, 2.05) is 4.90 Å². The lowest BCUT2D eigenvalue weighted by Crippen LogP contribution is -2.41. The Morgan fingerprint density at radius 1 is 1.62 bits per heavy atom. The number of nitrogens with zero attached hydrogens (tertiary/aromatic N) is 1. The van der Waals surface area contributed by atoms with E-state index in [1.54, 1.807) is 0 Å². The average molecular weight is 183 g/mol. The van der Waals surface area contributed by atoms with Gasteiger partial charge in [0, 0.05) is 13.1 Å². The van der Waals surface area contributed by atoms with Gasteiger partial charge in [-0.25, -0.2) is 0 Å². The van der Waals surface area contributed by atoms with Crippen LogP contribution in [0.2, 0.25) is 0 Å². The molecule has 1 unspecified atom stereocenters. The van der Waals surface area contributed by atoms with Gasteiger partial charge in [0.25, 0.3) is 0 Å². The summed E-state index contributed by atoms with van der Waals surface area (Å²) >= 11 is 0. The summed E-state index contributed by atoms with van der Waals surface area (Å²) in [6, 6.07) is 0. The monoisotopic (exact) mass is 183 g/mol. The summed E-state index contributed by atoms with van der Waals surface area (Å²) < 4.78 is 0. The number of carbonyl (C=O) groups is 1. The first-order valence-corrected chi connectivity index (χ1v) is 5.05. The molecule has 0 spiro atoms. The fourth-order valence-corrected chi connectivity index (χ4v) is 2.30. The van der Waals surface area contributed by atoms with E-state index in [0.29, 0.717) is 18.4 Å². The SMILES string of the molecule is CC1(CN2CC(O)CC2=O)CCC1. The summed E-state index contributed by atoms with van der Waals surface area (Å²) in [5.74, 6) is 0.126. The number of likely N-dealkylation sites (tertiary alicyclic amines) is 1. The van der Waals surface area contributed by atoms with E-state index in [-0.39, 0.29) is 5.91 Å². The third kappa shape index (κ3) is 1.70. The number of aliphatic hydroxyl groups excluding tert-OH is 1. The minimum Gasteiger partial charge on any atom is -0.391 e. The quantitative estimate of drug-likeness (QED) is 0.687. The van der Waals surface area contributed by atoms with Gasteiger partial charge < -0.3 is 10.0 Å². The zero-order valence-electron chi connectivity index (χ0n) is 8.12. The van der Waals surface area contributed by atoms with Crippen molar-refractivity contribution in [3.63, 3.8) is 0 Å². The molecule has 1 saturated carbocycles. The molecule has 2 aliphatic rings. The fraction of sp³-hybridized carbons (Fsp3) is 0.900. The van der Waals surface area contributed by atoms with Crippen molar-refractivity contribution in [3.8, 4) is 0 Å². The van der Waals surface area contributed by atoms with Crippen LogP contribution in [0.25, 0.3) is 0 Å². The highest BCUT2D eigenvalue weighted by Crippen LogP contribution is 2.41. The molecule has 1 aliphatic heterocycles. The molecule has 13 heavy (non-hydrogen) atoms. The Morgan fingerprint density at radius 3 is 2.69 bits per heavy atom. The van der Waals surface area contributed by atoms with Gasteiger partial charge in [0.15, 0.2) is 0 Å². The van der Waals surface area contributed by atoms with Crippen molar-refractivity contribution in [3.05, 3.63) is 0 Å². The van der Waals surface area contributed by atoms with E-state index < -0.39 is 6.10 Å². The predicted molar refractivity (Wildman–Crippen MR) is 49.2 cm³/mol. The number of amides is 1. The first-order chi connectivity index (χ1) is 6.09. The van der Waals surface area contributed by atoms with Gasteiger partial charge in [-0.15, -0.1) is 0 Å². The molecule has 0 aromatic heterocycles. The molecule has 0 radical (unpaired) electrons. The summed E-state index contributed by atoms with van der Waals surface area (Å²) in [5, 5.41) is 9.30. The fourth-order valence-electron chi connectivity index (χ4n) is 2.30. The maximum atomic E-state index is 11.4. The van der Waals surface area contributed by atoms with Crippen LogP contribution in [0.15, 0.2) is 0 Å². The highest BCUT2D eigenvalue weighted by Gasteiger charge is 2.38. The van der Waals surface area contributed by atoms with Gasteiger partial charge >= 0.3 is 0 Å². The van der Waals surface area contributed by atoms with Crippen LogP contribution in [0.5, 0.6) is 0 Å². The summed E-state index contributed by atoms with van der Waals surface area (Å²) in [4.78, 5) is 13.2. The van der Waals surface area contributed by atoms with Crippen LogP contribution in [0.3, 0.4) is 0 Å². The molecule has 3 heteroatoms. The van der Waals surface area contributed by atoms with Gasteiger partial charge in [-0.05, 0) is 18.3 Å². The lowest BCUT2D eigenvalue weighted by atomic mass is 9.70. The van der Waals surface area contributed by atoms with Gasteiger partial charge in [-0.3, -0.25) is 4.79 Å². The van der Waals surface area contributed by atoms with Crippen LogP contribution >= 0.6 is 0 Å². The van der Waals surface area contributed by atoms with Crippen molar-refractivity contribution in [2.75, 3.05) is 13.1 Å². The third-order valence-corrected chi connectivity index (χ3v) is 3.33. The number of β-amino-alcohol motifs (C(OH)–C–C–N with tert-alkyl or cyclic N) is 1. The van der Waals surface area contributed by atoms with Crippen LogP contribution in [0, 0.1) is 5.41 Å². The van der Waals surface area contributed by atoms with Crippen molar-refractivity contribution in [1.82, 2.24) is 4.90 Å². The third-order valence-electron chi connectivity index (χ3n) is 3.33. The number of aliphatic hydroxyl groups is 1. The summed E-state index contributed by atoms with van der Waals surface area (Å²) in [5.41, 5.74) is 0.347. The molecule has 3 nitrogen and oxygen atoms in total. The molecule has 1 heterocycles. The van der Waals surface area contributed by atoms with Crippen molar-refractivity contribution < 1.29 is 9.90 Å². The molecule has 0 bridgehead atoms. The second kappa shape index (κ2) is 2.98. The Morgan fingerprint density at radius 2 is 2.31 bits per heavy atom. The summed E-state index contributed by atoms with van der Waals surface area (Å²) in [6.45, 7) is 3.63. The molecule has 2 fully saturated rings. The minimum atomic E-state index is -0.420. The maximum Gasteiger partial charge on any atom is 0.225 e. The summed E-state index contributed by atoms with van der Waals surface area (Å²) in [7, 11) is 0.